The van der Waals surface area contributed by atoms with Gasteiger partial charge in [0, 0.05) is 54.9 Å². The van der Waals surface area contributed by atoms with E-state index < -0.39 is 18.0 Å². The molecular formula is C36H38FN7O3. The van der Waals surface area contributed by atoms with Crippen molar-refractivity contribution in [3.8, 4) is 16.8 Å². The van der Waals surface area contributed by atoms with Crippen LogP contribution < -0.4 is 26.7 Å². The maximum atomic E-state index is 15.4. The minimum absolute atomic E-state index is 0.0706. The van der Waals surface area contributed by atoms with E-state index in [1.165, 1.54) is 29.7 Å². The first-order valence-electron chi connectivity index (χ1n) is 15.9. The normalized spacial score (nSPS) is 17.8. The number of anilines is 3. The number of halogens is 1. The van der Waals surface area contributed by atoms with Crippen LogP contribution in [-0.4, -0.2) is 49.6 Å². The summed E-state index contributed by atoms with van der Waals surface area (Å²) in [6.07, 6.45) is 7.37. The van der Waals surface area contributed by atoms with Crippen molar-refractivity contribution < 1.29 is 9.50 Å². The van der Waals surface area contributed by atoms with E-state index in [9.17, 15) is 14.7 Å². The van der Waals surface area contributed by atoms with Crippen LogP contribution in [0.1, 0.15) is 44.7 Å². The molecule has 0 amide bonds. The van der Waals surface area contributed by atoms with Crippen molar-refractivity contribution in [3.05, 3.63) is 105 Å². The SMILES string of the molecule is Cn1cc(-c2cccc(-n3ncc4cc(C(C)(C)C)cc(F)c4c3=O)c2CO)cc(Nc2ccc(N3CC4CC[C@@H](C3)N4)cn2)c1=O. The molecule has 11 heteroatoms. The molecule has 1 unspecified atom stereocenters. The molecule has 2 bridgehead atoms. The third-order valence-electron chi connectivity index (χ3n) is 9.33. The highest BCUT2D eigenvalue weighted by Crippen LogP contribution is 2.31. The molecule has 47 heavy (non-hydrogen) atoms. The van der Waals surface area contributed by atoms with Gasteiger partial charge in [0.1, 0.15) is 17.3 Å². The first kappa shape index (κ1) is 30.8. The lowest BCUT2D eigenvalue weighted by atomic mass is 9.86. The topological polar surface area (TPSA) is 117 Å². The predicted octanol–water partition coefficient (Wildman–Crippen LogP) is 4.76. The number of aliphatic hydroxyl groups is 1. The molecule has 5 heterocycles. The number of aromatic nitrogens is 4. The van der Waals surface area contributed by atoms with Crippen LogP contribution in [0.3, 0.4) is 0 Å². The van der Waals surface area contributed by atoms with E-state index in [0.717, 1.165) is 29.0 Å². The number of nitrogens with zero attached hydrogens (tertiary/aromatic N) is 5. The maximum Gasteiger partial charge on any atom is 0.282 e. The molecule has 3 aromatic heterocycles. The highest BCUT2D eigenvalue weighted by atomic mass is 19.1. The van der Waals surface area contributed by atoms with Crippen molar-refractivity contribution in [2.24, 2.45) is 7.05 Å². The summed E-state index contributed by atoms with van der Waals surface area (Å²) in [5, 5.41) is 22.1. The first-order valence-corrected chi connectivity index (χ1v) is 15.9. The average molecular weight is 636 g/mol. The highest BCUT2D eigenvalue weighted by molar-refractivity contribution is 5.83. The molecule has 2 fully saturated rings. The first-order chi connectivity index (χ1) is 22.5. The van der Waals surface area contributed by atoms with Gasteiger partial charge in [-0.15, -0.1) is 0 Å². The molecule has 2 aromatic carbocycles. The molecule has 0 radical (unpaired) electrons. The number of fused-ring (bicyclic) bond motifs is 3. The van der Waals surface area contributed by atoms with Crippen molar-refractivity contribution >= 4 is 28.0 Å². The lowest BCUT2D eigenvalue weighted by Gasteiger charge is -2.34. The number of piperazine rings is 1. The standard InChI is InChI=1S/C36H38FN7O3/c1-36(2,3)23-12-21-15-39-44(35(47)33(21)29(37)14-23)31-7-5-6-27(28(31)20-45)22-13-30(34(46)42(4)17-22)41-32-11-10-26(16-38-32)43-18-24-8-9-25(19-43)40-24/h5-7,10-17,24-25,40,45H,8-9,18-20H2,1-4H3,(H,38,41)/t24-,25?/m0/s1. The van der Waals surface area contributed by atoms with E-state index in [2.05, 4.69) is 25.6 Å². The van der Waals surface area contributed by atoms with Gasteiger partial charge in [0.2, 0.25) is 0 Å². The van der Waals surface area contributed by atoms with E-state index in [1.54, 1.807) is 43.6 Å². The van der Waals surface area contributed by atoms with Crippen LogP contribution in [0.4, 0.5) is 21.6 Å². The van der Waals surface area contributed by atoms with Crippen LogP contribution in [0.15, 0.2) is 76.7 Å². The smallest absolute Gasteiger partial charge is 0.282 e. The number of pyridine rings is 2. The quantitative estimate of drug-likeness (QED) is 0.245. The van der Waals surface area contributed by atoms with E-state index in [0.29, 0.717) is 51.4 Å². The maximum absolute atomic E-state index is 15.4. The Morgan fingerprint density at radius 3 is 2.47 bits per heavy atom. The zero-order valence-corrected chi connectivity index (χ0v) is 26.9. The van der Waals surface area contributed by atoms with E-state index in [1.807, 2.05) is 39.1 Å². The van der Waals surface area contributed by atoms with Crippen molar-refractivity contribution in [3.63, 3.8) is 0 Å². The van der Waals surface area contributed by atoms with Gasteiger partial charge in [-0.1, -0.05) is 32.9 Å². The van der Waals surface area contributed by atoms with Crippen molar-refractivity contribution in [1.82, 2.24) is 24.6 Å². The van der Waals surface area contributed by atoms with Gasteiger partial charge in [0.25, 0.3) is 11.1 Å². The molecule has 3 N–H and O–H groups in total. The molecule has 2 saturated heterocycles. The van der Waals surface area contributed by atoms with Crippen molar-refractivity contribution in [2.75, 3.05) is 23.3 Å². The lowest BCUT2D eigenvalue weighted by molar-refractivity contribution is 0.282. The number of hydrogen-bond acceptors (Lipinski definition) is 8. The van der Waals surface area contributed by atoms with Crippen LogP contribution in [-0.2, 0) is 19.1 Å². The second-order valence-corrected chi connectivity index (χ2v) is 13.6. The Morgan fingerprint density at radius 1 is 1.02 bits per heavy atom. The zero-order chi connectivity index (χ0) is 33.0. The number of rotatable bonds is 6. The molecular weight excluding hydrogens is 597 g/mol. The number of hydrogen-bond donors (Lipinski definition) is 3. The Bertz CT molecular complexity index is 2110. The minimum atomic E-state index is -0.627. The Kier molecular flexibility index (Phi) is 7.68. The molecule has 2 atom stereocenters. The third kappa shape index (κ3) is 5.70. The Labute approximate surface area is 271 Å². The molecule has 0 spiro atoms. The largest absolute Gasteiger partial charge is 0.392 e. The van der Waals surface area contributed by atoms with Crippen molar-refractivity contribution in [2.45, 2.75) is 57.7 Å². The van der Waals surface area contributed by atoms with E-state index in [-0.39, 0.29) is 16.4 Å². The van der Waals surface area contributed by atoms with Gasteiger partial charge in [0.15, 0.2) is 0 Å². The number of aryl methyl sites for hydroxylation is 1. The molecule has 10 nitrogen and oxygen atoms in total. The summed E-state index contributed by atoms with van der Waals surface area (Å²) in [4.78, 5) is 33.8. The summed E-state index contributed by atoms with van der Waals surface area (Å²) in [5.74, 6) is -0.0912. The summed E-state index contributed by atoms with van der Waals surface area (Å²) in [6, 6.07) is 15.0. The third-order valence-corrected chi connectivity index (χ3v) is 9.33. The average Bonchev–Trinajstić information content (AvgIpc) is 3.39. The summed E-state index contributed by atoms with van der Waals surface area (Å²) < 4.78 is 18.0. The summed E-state index contributed by atoms with van der Waals surface area (Å²) >= 11 is 0. The minimum Gasteiger partial charge on any atom is -0.392 e. The number of nitrogens with one attached hydrogen (secondary N) is 2. The van der Waals surface area contributed by atoms with Gasteiger partial charge in [-0.3, -0.25) is 9.59 Å². The van der Waals surface area contributed by atoms with Crippen LogP contribution in [0, 0.1) is 5.82 Å². The number of aliphatic hydroxyl groups excluding tert-OH is 1. The highest BCUT2D eigenvalue weighted by Gasteiger charge is 2.32. The fourth-order valence-electron chi connectivity index (χ4n) is 6.79. The molecule has 2 aliphatic rings. The molecule has 7 rings (SSSR count). The number of benzene rings is 2. The second kappa shape index (κ2) is 11.7. The fraction of sp³-hybridized carbons (Fsp3) is 0.333. The van der Waals surface area contributed by atoms with Gasteiger partial charge in [-0.25, -0.2) is 9.37 Å². The van der Waals surface area contributed by atoms with Gasteiger partial charge in [0.05, 0.1) is 35.8 Å². The second-order valence-electron chi connectivity index (χ2n) is 13.6. The monoisotopic (exact) mass is 635 g/mol. The Balaban J connectivity index is 1.23. The Hall–Kier alpha value is -4.87. The predicted molar refractivity (Wildman–Crippen MR) is 182 cm³/mol. The van der Waals surface area contributed by atoms with Crippen LogP contribution in [0.25, 0.3) is 27.6 Å². The lowest BCUT2D eigenvalue weighted by Crippen LogP contribution is -2.51. The van der Waals surface area contributed by atoms with Crippen LogP contribution in [0.5, 0.6) is 0 Å². The summed E-state index contributed by atoms with van der Waals surface area (Å²) in [5.41, 5.74) is 2.87. The summed E-state index contributed by atoms with van der Waals surface area (Å²) in [7, 11) is 1.65. The Morgan fingerprint density at radius 2 is 1.79 bits per heavy atom. The molecule has 0 aliphatic carbocycles. The van der Waals surface area contributed by atoms with Crippen molar-refractivity contribution in [1.29, 1.82) is 0 Å². The molecule has 0 saturated carbocycles. The molecule has 242 valence electrons. The molecule has 2 aliphatic heterocycles. The fourth-order valence-corrected chi connectivity index (χ4v) is 6.79. The van der Waals surface area contributed by atoms with E-state index in [4.69, 9.17) is 0 Å². The molecule has 5 aromatic rings. The van der Waals surface area contributed by atoms with E-state index >= 15 is 4.39 Å². The van der Waals surface area contributed by atoms with Gasteiger partial charge < -0.3 is 25.2 Å². The summed E-state index contributed by atoms with van der Waals surface area (Å²) in [6.45, 7) is 7.41. The van der Waals surface area contributed by atoms with Crippen LogP contribution >= 0.6 is 0 Å². The van der Waals surface area contributed by atoms with Crippen LogP contribution in [0.2, 0.25) is 0 Å². The van der Waals surface area contributed by atoms with Gasteiger partial charge in [-0.2, -0.15) is 9.78 Å². The van der Waals surface area contributed by atoms with Gasteiger partial charge in [-0.05, 0) is 65.8 Å². The van der Waals surface area contributed by atoms with Gasteiger partial charge >= 0.3 is 0 Å². The zero-order valence-electron chi connectivity index (χ0n) is 26.9.